The van der Waals surface area contributed by atoms with Gasteiger partial charge in [-0.3, -0.25) is 0 Å². The second-order valence-electron chi connectivity index (χ2n) is 4.52. The van der Waals surface area contributed by atoms with Crippen molar-refractivity contribution in [3.05, 3.63) is 65.2 Å². The second kappa shape index (κ2) is 7.09. The van der Waals surface area contributed by atoms with Crippen molar-refractivity contribution in [3.8, 4) is 5.75 Å². The van der Waals surface area contributed by atoms with Crippen molar-refractivity contribution in [2.45, 2.75) is 13.5 Å². The minimum absolute atomic E-state index is 0.0791. The van der Waals surface area contributed by atoms with Gasteiger partial charge in [0.2, 0.25) is 5.96 Å². The lowest BCUT2D eigenvalue weighted by molar-refractivity contribution is 0.305. The van der Waals surface area contributed by atoms with Gasteiger partial charge in [0.15, 0.2) is 0 Å². The smallest absolute Gasteiger partial charge is 0.211 e. The Hall–Kier alpha value is -2.82. The van der Waals surface area contributed by atoms with E-state index >= 15 is 0 Å². The minimum atomic E-state index is -0.0791. The van der Waals surface area contributed by atoms with E-state index in [0.29, 0.717) is 6.61 Å². The average molecular weight is 282 g/mol. The van der Waals surface area contributed by atoms with Gasteiger partial charge in [-0.25, -0.2) is 0 Å². The maximum absolute atomic E-state index is 5.86. The second-order valence-corrected chi connectivity index (χ2v) is 4.52. The standard InChI is InChI=1S/C16H18N4O/c1-12-6-2-3-8-14(12)11-21-15-9-5-4-7-13(15)10-19-20-16(17)18/h2-10H,11H2,1H3,(H4,17,18,20). The van der Waals surface area contributed by atoms with Crippen LogP contribution < -0.4 is 16.2 Å². The van der Waals surface area contributed by atoms with Gasteiger partial charge in [0, 0.05) is 5.56 Å². The molecule has 0 spiro atoms. The molecule has 0 fully saturated rings. The molecule has 0 aromatic heterocycles. The summed E-state index contributed by atoms with van der Waals surface area (Å²) < 4.78 is 5.86. The highest BCUT2D eigenvalue weighted by Crippen LogP contribution is 2.18. The molecule has 0 heterocycles. The molecular formula is C16H18N4O. The van der Waals surface area contributed by atoms with Gasteiger partial charge < -0.3 is 16.2 Å². The molecule has 0 saturated carbocycles. The van der Waals surface area contributed by atoms with Crippen molar-refractivity contribution in [2.24, 2.45) is 21.7 Å². The molecule has 5 nitrogen and oxygen atoms in total. The Morgan fingerprint density at radius 1 is 1.10 bits per heavy atom. The lowest BCUT2D eigenvalue weighted by Gasteiger charge is -2.10. The van der Waals surface area contributed by atoms with Crippen LogP contribution in [-0.2, 0) is 6.61 Å². The van der Waals surface area contributed by atoms with Gasteiger partial charge in [-0.2, -0.15) is 5.10 Å². The molecule has 0 amide bonds. The van der Waals surface area contributed by atoms with Crippen LogP contribution >= 0.6 is 0 Å². The Morgan fingerprint density at radius 2 is 1.81 bits per heavy atom. The van der Waals surface area contributed by atoms with E-state index in [0.717, 1.165) is 16.9 Å². The van der Waals surface area contributed by atoms with Gasteiger partial charge in [0.25, 0.3) is 0 Å². The molecule has 5 heteroatoms. The summed E-state index contributed by atoms with van der Waals surface area (Å²) in [6, 6.07) is 15.7. The summed E-state index contributed by atoms with van der Waals surface area (Å²) in [4.78, 5) is 0. The fraction of sp³-hybridized carbons (Fsp3) is 0.125. The van der Waals surface area contributed by atoms with Crippen LogP contribution in [0.5, 0.6) is 5.75 Å². The maximum atomic E-state index is 5.86. The van der Waals surface area contributed by atoms with E-state index in [-0.39, 0.29) is 5.96 Å². The monoisotopic (exact) mass is 282 g/mol. The van der Waals surface area contributed by atoms with Crippen molar-refractivity contribution in [2.75, 3.05) is 0 Å². The Labute approximate surface area is 124 Å². The summed E-state index contributed by atoms with van der Waals surface area (Å²) in [7, 11) is 0. The fourth-order valence-corrected chi connectivity index (χ4v) is 1.80. The van der Waals surface area contributed by atoms with Crippen LogP contribution in [-0.4, -0.2) is 12.2 Å². The van der Waals surface area contributed by atoms with Crippen LogP contribution in [0.4, 0.5) is 0 Å². The third-order valence-corrected chi connectivity index (χ3v) is 2.93. The van der Waals surface area contributed by atoms with Gasteiger partial charge in [0.05, 0.1) is 6.21 Å². The van der Waals surface area contributed by atoms with Gasteiger partial charge in [0.1, 0.15) is 12.4 Å². The normalized spacial score (nSPS) is 10.5. The summed E-state index contributed by atoms with van der Waals surface area (Å²) in [5.41, 5.74) is 13.6. The largest absolute Gasteiger partial charge is 0.488 e. The zero-order valence-electron chi connectivity index (χ0n) is 11.9. The first-order chi connectivity index (χ1) is 10.2. The van der Waals surface area contributed by atoms with Crippen LogP contribution in [0.2, 0.25) is 0 Å². The van der Waals surface area contributed by atoms with Gasteiger partial charge in [-0.15, -0.1) is 5.10 Å². The Kier molecular flexibility index (Phi) is 4.93. The molecule has 2 aromatic rings. The van der Waals surface area contributed by atoms with Gasteiger partial charge >= 0.3 is 0 Å². The number of para-hydroxylation sites is 1. The third kappa shape index (κ3) is 4.35. The fourth-order valence-electron chi connectivity index (χ4n) is 1.80. The predicted molar refractivity (Wildman–Crippen MR) is 85.4 cm³/mol. The lowest BCUT2D eigenvalue weighted by Crippen LogP contribution is -2.21. The summed E-state index contributed by atoms with van der Waals surface area (Å²) in [6.07, 6.45) is 1.56. The predicted octanol–water partition coefficient (Wildman–Crippen LogP) is 2.18. The first-order valence-corrected chi connectivity index (χ1v) is 6.55. The highest BCUT2D eigenvalue weighted by atomic mass is 16.5. The molecule has 4 N–H and O–H groups in total. The van der Waals surface area contributed by atoms with Gasteiger partial charge in [-0.1, -0.05) is 36.4 Å². The molecule has 0 aliphatic rings. The molecule has 108 valence electrons. The van der Waals surface area contributed by atoms with Crippen molar-refractivity contribution >= 4 is 12.2 Å². The van der Waals surface area contributed by atoms with Gasteiger partial charge in [-0.05, 0) is 30.2 Å². The number of benzene rings is 2. The van der Waals surface area contributed by atoms with E-state index in [4.69, 9.17) is 16.2 Å². The minimum Gasteiger partial charge on any atom is -0.488 e. The molecule has 0 unspecified atom stereocenters. The van der Waals surface area contributed by atoms with Crippen molar-refractivity contribution in [3.63, 3.8) is 0 Å². The molecule has 21 heavy (non-hydrogen) atoms. The van der Waals surface area contributed by atoms with E-state index in [1.165, 1.54) is 5.56 Å². The summed E-state index contributed by atoms with van der Waals surface area (Å²) in [5.74, 6) is 0.653. The molecule has 0 atom stereocenters. The van der Waals surface area contributed by atoms with Crippen LogP contribution in [0.3, 0.4) is 0 Å². The maximum Gasteiger partial charge on any atom is 0.211 e. The first kappa shape index (κ1) is 14.6. The molecule has 2 rings (SSSR count). The summed E-state index contributed by atoms with van der Waals surface area (Å²) in [5, 5.41) is 7.39. The van der Waals surface area contributed by atoms with E-state index in [2.05, 4.69) is 23.2 Å². The Bertz CT molecular complexity index is 661. The summed E-state index contributed by atoms with van der Waals surface area (Å²) >= 11 is 0. The molecule has 0 bridgehead atoms. The Balaban J connectivity index is 2.12. The molecular weight excluding hydrogens is 264 g/mol. The van der Waals surface area contributed by atoms with Crippen LogP contribution in [0, 0.1) is 6.92 Å². The number of nitrogens with two attached hydrogens (primary N) is 2. The molecule has 2 aromatic carbocycles. The van der Waals surface area contributed by atoms with Crippen molar-refractivity contribution in [1.82, 2.24) is 0 Å². The number of hydrogen-bond acceptors (Lipinski definition) is 3. The molecule has 0 aliphatic heterocycles. The van der Waals surface area contributed by atoms with Crippen LogP contribution in [0.15, 0.2) is 58.7 Å². The number of guanidine groups is 1. The zero-order valence-corrected chi connectivity index (χ0v) is 11.9. The first-order valence-electron chi connectivity index (χ1n) is 6.55. The number of hydrogen-bond donors (Lipinski definition) is 2. The Morgan fingerprint density at radius 3 is 2.57 bits per heavy atom. The zero-order chi connectivity index (χ0) is 15.1. The van der Waals surface area contributed by atoms with Crippen molar-refractivity contribution in [1.29, 1.82) is 0 Å². The summed E-state index contributed by atoms with van der Waals surface area (Å²) in [6.45, 7) is 2.56. The van der Waals surface area contributed by atoms with E-state index in [1.54, 1.807) is 6.21 Å². The number of rotatable bonds is 5. The molecule has 0 radical (unpaired) electrons. The molecule has 0 aliphatic carbocycles. The number of aryl methyl sites for hydroxylation is 1. The third-order valence-electron chi connectivity index (χ3n) is 2.93. The topological polar surface area (TPSA) is 86.0 Å². The highest BCUT2D eigenvalue weighted by molar-refractivity contribution is 5.84. The van der Waals surface area contributed by atoms with E-state index in [1.807, 2.05) is 42.5 Å². The van der Waals surface area contributed by atoms with Crippen LogP contribution in [0.1, 0.15) is 16.7 Å². The van der Waals surface area contributed by atoms with E-state index in [9.17, 15) is 0 Å². The average Bonchev–Trinajstić information content (AvgIpc) is 2.47. The van der Waals surface area contributed by atoms with Crippen molar-refractivity contribution < 1.29 is 4.74 Å². The molecule has 0 saturated heterocycles. The van der Waals surface area contributed by atoms with Crippen LogP contribution in [0.25, 0.3) is 0 Å². The quantitative estimate of drug-likeness (QED) is 0.500. The highest BCUT2D eigenvalue weighted by Gasteiger charge is 2.02. The van der Waals surface area contributed by atoms with E-state index < -0.39 is 0 Å². The number of nitrogens with zero attached hydrogens (tertiary/aromatic N) is 2. The SMILES string of the molecule is Cc1ccccc1COc1ccccc1C=NN=C(N)N. The lowest BCUT2D eigenvalue weighted by atomic mass is 10.1. The number of ether oxygens (including phenoxy) is 1.